The van der Waals surface area contributed by atoms with Crippen LogP contribution in [0.1, 0.15) is 23.3 Å². The highest BCUT2D eigenvalue weighted by atomic mass is 16.5. The zero-order chi connectivity index (χ0) is 17.7. The summed E-state index contributed by atoms with van der Waals surface area (Å²) in [6.45, 7) is 0.551. The molecule has 25 heavy (non-hydrogen) atoms. The molecule has 1 amide bonds. The van der Waals surface area contributed by atoms with Crippen LogP contribution in [0, 0.1) is 5.41 Å². The number of benzene rings is 1. The normalized spacial score (nSPS) is 25.5. The maximum atomic E-state index is 12.2. The van der Waals surface area contributed by atoms with Crippen molar-refractivity contribution in [1.82, 2.24) is 15.3 Å². The number of ether oxygens (including phenoxy) is 1. The summed E-state index contributed by atoms with van der Waals surface area (Å²) in [7, 11) is 0. The van der Waals surface area contributed by atoms with Crippen molar-refractivity contribution in [2.75, 3.05) is 13.2 Å². The molecule has 7 nitrogen and oxygen atoms in total. The van der Waals surface area contributed by atoms with E-state index in [1.165, 1.54) is 18.6 Å². The van der Waals surface area contributed by atoms with Gasteiger partial charge in [0.2, 0.25) is 0 Å². The minimum Gasteiger partial charge on any atom is -0.493 e. The van der Waals surface area contributed by atoms with Crippen LogP contribution >= 0.6 is 0 Å². The summed E-state index contributed by atoms with van der Waals surface area (Å²) >= 11 is 0. The maximum Gasteiger partial charge on any atom is 0.271 e. The molecule has 1 aromatic carbocycles. The van der Waals surface area contributed by atoms with Crippen molar-refractivity contribution < 1.29 is 19.7 Å². The van der Waals surface area contributed by atoms with Gasteiger partial charge in [0.1, 0.15) is 11.4 Å². The van der Waals surface area contributed by atoms with Gasteiger partial charge in [0, 0.05) is 24.4 Å². The molecular formula is C18H21N3O4. The van der Waals surface area contributed by atoms with E-state index in [-0.39, 0.29) is 24.8 Å². The van der Waals surface area contributed by atoms with E-state index in [1.807, 2.05) is 30.3 Å². The van der Waals surface area contributed by atoms with Gasteiger partial charge in [0.25, 0.3) is 5.91 Å². The Balaban J connectivity index is 1.66. The third-order valence-electron chi connectivity index (χ3n) is 4.44. The van der Waals surface area contributed by atoms with Crippen LogP contribution in [0.5, 0.6) is 5.75 Å². The average Bonchev–Trinajstić information content (AvgIpc) is 2.94. The lowest BCUT2D eigenvalue weighted by atomic mass is 9.86. The zero-order valence-corrected chi connectivity index (χ0v) is 13.7. The Morgan fingerprint density at radius 3 is 2.56 bits per heavy atom. The topological polar surface area (TPSA) is 105 Å². The van der Waals surface area contributed by atoms with Crippen LogP contribution in [0.15, 0.2) is 48.9 Å². The first-order valence-electron chi connectivity index (χ1n) is 8.16. The predicted octanol–water partition coefficient (Wildman–Crippen LogP) is 0.787. The second-order valence-electron chi connectivity index (χ2n) is 6.42. The Labute approximate surface area is 145 Å². The van der Waals surface area contributed by atoms with Gasteiger partial charge in [0.15, 0.2) is 0 Å². The van der Waals surface area contributed by atoms with E-state index >= 15 is 0 Å². The molecule has 7 heteroatoms. The molecule has 2 aromatic rings. The summed E-state index contributed by atoms with van der Waals surface area (Å²) in [5.74, 6) is 0.362. The number of nitrogens with one attached hydrogen (secondary N) is 1. The number of aromatic nitrogens is 2. The van der Waals surface area contributed by atoms with Crippen LogP contribution in [0.4, 0.5) is 0 Å². The largest absolute Gasteiger partial charge is 0.493 e. The fraction of sp³-hybridized carbons (Fsp3) is 0.389. The van der Waals surface area contributed by atoms with Crippen LogP contribution in [0.25, 0.3) is 0 Å². The van der Waals surface area contributed by atoms with E-state index in [9.17, 15) is 15.0 Å². The highest BCUT2D eigenvalue weighted by Crippen LogP contribution is 2.38. The van der Waals surface area contributed by atoms with Crippen molar-refractivity contribution in [3.63, 3.8) is 0 Å². The molecule has 0 bridgehead atoms. The average molecular weight is 343 g/mol. The number of para-hydroxylation sites is 1. The Bertz CT molecular complexity index is 686. The molecule has 1 unspecified atom stereocenters. The number of carbonyl (C=O) groups excluding carboxylic acids is 1. The minimum atomic E-state index is -0.826. The van der Waals surface area contributed by atoms with Gasteiger partial charge in [-0.25, -0.2) is 4.98 Å². The Hall–Kier alpha value is -2.51. The molecule has 0 saturated heterocycles. The maximum absolute atomic E-state index is 12.2. The number of hydrogen-bond acceptors (Lipinski definition) is 6. The minimum absolute atomic E-state index is 0.223. The van der Waals surface area contributed by atoms with Crippen molar-refractivity contribution in [3.05, 3.63) is 54.6 Å². The van der Waals surface area contributed by atoms with E-state index < -0.39 is 17.6 Å². The van der Waals surface area contributed by atoms with Gasteiger partial charge >= 0.3 is 0 Å². The van der Waals surface area contributed by atoms with Crippen LogP contribution in [0.3, 0.4) is 0 Å². The summed E-state index contributed by atoms with van der Waals surface area (Å²) in [6.07, 6.45) is 3.38. The van der Waals surface area contributed by atoms with Gasteiger partial charge in [-0.15, -0.1) is 0 Å². The lowest BCUT2D eigenvalue weighted by Crippen LogP contribution is -2.40. The number of hydrogen-bond donors (Lipinski definition) is 3. The van der Waals surface area contributed by atoms with Crippen molar-refractivity contribution in [3.8, 4) is 5.75 Å². The van der Waals surface area contributed by atoms with Gasteiger partial charge < -0.3 is 20.3 Å². The fourth-order valence-electron chi connectivity index (χ4n) is 3.08. The molecule has 0 spiro atoms. The van der Waals surface area contributed by atoms with E-state index in [0.717, 1.165) is 0 Å². The number of carbonyl (C=O) groups is 1. The predicted molar refractivity (Wildman–Crippen MR) is 90.0 cm³/mol. The second-order valence-corrected chi connectivity index (χ2v) is 6.42. The molecule has 1 heterocycles. The number of amides is 1. The second kappa shape index (κ2) is 7.58. The first-order chi connectivity index (χ1) is 12.1. The lowest BCUT2D eigenvalue weighted by molar-refractivity contribution is 0.0438. The third-order valence-corrected chi connectivity index (χ3v) is 4.44. The van der Waals surface area contributed by atoms with E-state index in [0.29, 0.717) is 18.6 Å². The molecule has 1 fully saturated rings. The van der Waals surface area contributed by atoms with Gasteiger partial charge in [-0.05, 0) is 25.0 Å². The molecule has 1 aliphatic carbocycles. The van der Waals surface area contributed by atoms with Crippen molar-refractivity contribution >= 4 is 5.91 Å². The molecule has 3 N–H and O–H groups in total. The molecule has 0 aliphatic heterocycles. The van der Waals surface area contributed by atoms with Gasteiger partial charge in [0.05, 0.1) is 25.0 Å². The molecule has 132 valence electrons. The van der Waals surface area contributed by atoms with Crippen LogP contribution in [-0.2, 0) is 0 Å². The van der Waals surface area contributed by atoms with Crippen LogP contribution in [0.2, 0.25) is 0 Å². The molecule has 0 radical (unpaired) electrons. The summed E-state index contributed by atoms with van der Waals surface area (Å²) in [6, 6.07) is 9.32. The van der Waals surface area contributed by atoms with Crippen molar-refractivity contribution in [1.29, 1.82) is 0 Å². The number of nitrogens with zero attached hydrogens (tertiary/aromatic N) is 2. The third kappa shape index (κ3) is 4.32. The summed E-state index contributed by atoms with van der Waals surface area (Å²) in [5.41, 5.74) is -0.326. The highest BCUT2D eigenvalue weighted by Gasteiger charge is 2.45. The van der Waals surface area contributed by atoms with E-state index in [1.54, 1.807) is 0 Å². The molecule has 3 atom stereocenters. The number of rotatable bonds is 6. The van der Waals surface area contributed by atoms with E-state index in [4.69, 9.17) is 4.74 Å². The van der Waals surface area contributed by atoms with Gasteiger partial charge in [-0.3, -0.25) is 9.78 Å². The molecule has 1 saturated carbocycles. The van der Waals surface area contributed by atoms with Crippen LogP contribution in [-0.4, -0.2) is 51.4 Å². The smallest absolute Gasteiger partial charge is 0.271 e. The van der Waals surface area contributed by atoms with Crippen molar-refractivity contribution in [2.24, 2.45) is 5.41 Å². The molecule has 1 aromatic heterocycles. The Morgan fingerprint density at radius 1 is 1.20 bits per heavy atom. The zero-order valence-electron chi connectivity index (χ0n) is 13.7. The number of aliphatic hydroxyl groups is 2. The lowest BCUT2D eigenvalue weighted by Gasteiger charge is -2.29. The highest BCUT2D eigenvalue weighted by molar-refractivity contribution is 5.91. The van der Waals surface area contributed by atoms with Gasteiger partial charge in [-0.2, -0.15) is 0 Å². The Morgan fingerprint density at radius 2 is 1.92 bits per heavy atom. The Kier molecular flexibility index (Phi) is 5.25. The standard InChI is InChI=1S/C18H21N3O4/c22-15-8-18(9-16(15)23,12-25-13-4-2-1-3-5-13)11-21-17(24)14-10-19-6-7-20-14/h1-7,10,15-16,22-23H,8-9,11-12H2,(H,21,24)/t15-,16+,18?. The van der Waals surface area contributed by atoms with E-state index in [2.05, 4.69) is 15.3 Å². The molecule has 3 rings (SSSR count). The first kappa shape index (κ1) is 17.3. The summed E-state index contributed by atoms with van der Waals surface area (Å²) in [5, 5.41) is 22.8. The SMILES string of the molecule is O=C(NCC1(COc2ccccc2)C[C@@H](O)[C@@H](O)C1)c1cnccn1. The number of aliphatic hydroxyl groups excluding tert-OH is 2. The van der Waals surface area contributed by atoms with Crippen molar-refractivity contribution in [2.45, 2.75) is 25.0 Å². The summed E-state index contributed by atoms with van der Waals surface area (Å²) < 4.78 is 5.83. The molecular weight excluding hydrogens is 322 g/mol. The van der Waals surface area contributed by atoms with Crippen LogP contribution < -0.4 is 10.1 Å². The first-order valence-corrected chi connectivity index (χ1v) is 8.16. The summed E-state index contributed by atoms with van der Waals surface area (Å²) in [4.78, 5) is 20.0. The monoisotopic (exact) mass is 343 g/mol. The fourth-order valence-corrected chi connectivity index (χ4v) is 3.08. The molecule has 1 aliphatic rings. The van der Waals surface area contributed by atoms with Gasteiger partial charge in [-0.1, -0.05) is 18.2 Å². The quantitative estimate of drug-likeness (QED) is 0.716.